The largest absolute Gasteiger partial charge is 0.469 e. The van der Waals surface area contributed by atoms with E-state index < -0.39 is 0 Å². The molecule has 1 aromatic rings. The highest BCUT2D eigenvalue weighted by molar-refractivity contribution is 5.91. The van der Waals surface area contributed by atoms with Gasteiger partial charge in [0.25, 0.3) is 0 Å². The van der Waals surface area contributed by atoms with E-state index in [0.29, 0.717) is 24.8 Å². The predicted molar refractivity (Wildman–Crippen MR) is 102 cm³/mol. The molecule has 0 atom stereocenters. The Morgan fingerprint density at radius 3 is 2.12 bits per heavy atom. The highest BCUT2D eigenvalue weighted by atomic mass is 16.5. The van der Waals surface area contributed by atoms with Crippen molar-refractivity contribution in [2.45, 2.75) is 65.2 Å². The Morgan fingerprint density at radius 2 is 1.60 bits per heavy atom. The van der Waals surface area contributed by atoms with Gasteiger partial charge in [0.2, 0.25) is 0 Å². The second-order valence-electron chi connectivity index (χ2n) is 6.89. The number of carbonyl (C=O) groups is 2. The van der Waals surface area contributed by atoms with E-state index >= 15 is 0 Å². The quantitative estimate of drug-likeness (QED) is 0.498. The number of esters is 1. The van der Waals surface area contributed by atoms with Crippen LogP contribution in [0.1, 0.15) is 76.3 Å². The first kappa shape index (κ1) is 21.0. The number of unbranched alkanes of at least 4 members (excludes halogenated alkanes) is 2. The number of para-hydroxylation sites is 1. The van der Waals surface area contributed by atoms with Crippen molar-refractivity contribution < 1.29 is 14.3 Å². The van der Waals surface area contributed by atoms with E-state index in [1.54, 1.807) is 0 Å². The minimum Gasteiger partial charge on any atom is -0.469 e. The standard InChI is InChI=1S/C20H32N2O3/c1-14(2)16-10-9-11-17(15(3)4)19(16)22-20(24)21-13-8-6-7-12-18(23)25-5/h9-11,14-15H,6-8,12-13H2,1-5H3,(H2,21,22,24). The molecule has 0 aliphatic heterocycles. The Bertz CT molecular complexity index is 542. The molecule has 0 aliphatic rings. The number of amides is 2. The molecule has 0 saturated carbocycles. The zero-order chi connectivity index (χ0) is 18.8. The van der Waals surface area contributed by atoms with Crippen LogP contribution in [0.5, 0.6) is 0 Å². The van der Waals surface area contributed by atoms with Crippen LogP contribution in [-0.4, -0.2) is 25.7 Å². The molecule has 25 heavy (non-hydrogen) atoms. The summed E-state index contributed by atoms with van der Waals surface area (Å²) in [5.74, 6) is 0.497. The fourth-order valence-electron chi connectivity index (χ4n) is 2.73. The van der Waals surface area contributed by atoms with Gasteiger partial charge in [-0.05, 0) is 35.8 Å². The smallest absolute Gasteiger partial charge is 0.319 e. The van der Waals surface area contributed by atoms with Gasteiger partial charge in [0, 0.05) is 18.7 Å². The Labute approximate surface area is 151 Å². The van der Waals surface area contributed by atoms with Gasteiger partial charge in [0.1, 0.15) is 0 Å². The zero-order valence-electron chi connectivity index (χ0n) is 16.1. The molecule has 0 spiro atoms. The second kappa shape index (κ2) is 10.7. The summed E-state index contributed by atoms with van der Waals surface area (Å²) in [4.78, 5) is 23.3. The van der Waals surface area contributed by atoms with E-state index in [1.807, 2.05) is 0 Å². The number of rotatable bonds is 9. The Balaban J connectivity index is 2.53. The van der Waals surface area contributed by atoms with Crippen LogP contribution in [-0.2, 0) is 9.53 Å². The molecule has 0 unspecified atom stereocenters. The van der Waals surface area contributed by atoms with Crippen LogP contribution >= 0.6 is 0 Å². The second-order valence-corrected chi connectivity index (χ2v) is 6.89. The average Bonchev–Trinajstić information content (AvgIpc) is 2.57. The third-order valence-corrected chi connectivity index (χ3v) is 4.18. The molecule has 0 heterocycles. The van der Waals surface area contributed by atoms with E-state index in [1.165, 1.54) is 7.11 Å². The lowest BCUT2D eigenvalue weighted by Gasteiger charge is -2.20. The van der Waals surface area contributed by atoms with Crippen molar-refractivity contribution in [3.05, 3.63) is 29.3 Å². The molecule has 0 aromatic heterocycles. The Hall–Kier alpha value is -2.04. The summed E-state index contributed by atoms with van der Waals surface area (Å²) >= 11 is 0. The molecule has 140 valence electrons. The molecule has 5 heteroatoms. The average molecular weight is 348 g/mol. The lowest BCUT2D eigenvalue weighted by Crippen LogP contribution is -2.30. The number of anilines is 1. The molecular formula is C20H32N2O3. The summed E-state index contributed by atoms with van der Waals surface area (Å²) in [5, 5.41) is 5.94. The summed E-state index contributed by atoms with van der Waals surface area (Å²) in [7, 11) is 1.40. The molecule has 0 saturated heterocycles. The van der Waals surface area contributed by atoms with Gasteiger partial charge in [-0.2, -0.15) is 0 Å². The first-order chi connectivity index (χ1) is 11.9. The Morgan fingerprint density at radius 1 is 1.00 bits per heavy atom. The number of benzene rings is 1. The lowest BCUT2D eigenvalue weighted by atomic mass is 9.93. The molecule has 0 aliphatic carbocycles. The molecular weight excluding hydrogens is 316 g/mol. The summed E-state index contributed by atoms with van der Waals surface area (Å²) in [6.45, 7) is 9.11. The minimum absolute atomic E-state index is 0.178. The van der Waals surface area contributed by atoms with Crippen LogP contribution in [0.25, 0.3) is 0 Å². The fourth-order valence-corrected chi connectivity index (χ4v) is 2.73. The van der Waals surface area contributed by atoms with Gasteiger partial charge in [-0.1, -0.05) is 52.3 Å². The Kier molecular flexibility index (Phi) is 9.03. The van der Waals surface area contributed by atoms with Crippen LogP contribution in [0.2, 0.25) is 0 Å². The van der Waals surface area contributed by atoms with Crippen molar-refractivity contribution in [1.82, 2.24) is 5.32 Å². The number of hydrogen-bond acceptors (Lipinski definition) is 3. The predicted octanol–water partition coefficient (Wildman–Crippen LogP) is 4.79. The number of hydrogen-bond donors (Lipinski definition) is 2. The third kappa shape index (κ3) is 7.16. The molecule has 5 nitrogen and oxygen atoms in total. The van der Waals surface area contributed by atoms with Crippen molar-refractivity contribution in [2.24, 2.45) is 0 Å². The topological polar surface area (TPSA) is 67.4 Å². The van der Waals surface area contributed by atoms with Gasteiger partial charge >= 0.3 is 12.0 Å². The van der Waals surface area contributed by atoms with Crippen LogP contribution in [0, 0.1) is 0 Å². The molecule has 1 rings (SSSR count). The van der Waals surface area contributed by atoms with Crippen molar-refractivity contribution >= 4 is 17.7 Å². The van der Waals surface area contributed by atoms with Gasteiger partial charge in [0.05, 0.1) is 7.11 Å². The summed E-state index contributed by atoms with van der Waals surface area (Å²) in [6, 6.07) is 6.01. The van der Waals surface area contributed by atoms with Gasteiger partial charge in [0.15, 0.2) is 0 Å². The molecule has 0 bridgehead atoms. The van der Waals surface area contributed by atoms with E-state index in [9.17, 15) is 9.59 Å². The van der Waals surface area contributed by atoms with E-state index in [4.69, 9.17) is 0 Å². The number of nitrogens with one attached hydrogen (secondary N) is 2. The van der Waals surface area contributed by atoms with Crippen molar-refractivity contribution in [2.75, 3.05) is 19.0 Å². The molecule has 0 fully saturated rings. The van der Waals surface area contributed by atoms with Gasteiger partial charge in [-0.3, -0.25) is 4.79 Å². The van der Waals surface area contributed by atoms with Crippen molar-refractivity contribution in [3.63, 3.8) is 0 Å². The van der Waals surface area contributed by atoms with Crippen LogP contribution in [0.3, 0.4) is 0 Å². The molecule has 2 N–H and O–H groups in total. The van der Waals surface area contributed by atoms with Crippen LogP contribution in [0.15, 0.2) is 18.2 Å². The fraction of sp³-hybridized carbons (Fsp3) is 0.600. The maximum atomic E-state index is 12.3. The first-order valence-electron chi connectivity index (χ1n) is 9.11. The number of urea groups is 1. The monoisotopic (exact) mass is 348 g/mol. The van der Waals surface area contributed by atoms with Crippen LogP contribution < -0.4 is 10.6 Å². The molecule has 1 aromatic carbocycles. The third-order valence-electron chi connectivity index (χ3n) is 4.18. The zero-order valence-corrected chi connectivity index (χ0v) is 16.1. The summed E-state index contributed by atoms with van der Waals surface area (Å²) in [5.41, 5.74) is 3.23. The number of methoxy groups -OCH3 is 1. The summed E-state index contributed by atoms with van der Waals surface area (Å²) in [6.07, 6.45) is 2.94. The SMILES string of the molecule is COC(=O)CCCCCNC(=O)Nc1c(C(C)C)cccc1C(C)C. The normalized spacial score (nSPS) is 10.8. The molecule has 2 amide bonds. The first-order valence-corrected chi connectivity index (χ1v) is 9.11. The minimum atomic E-state index is -0.183. The highest BCUT2D eigenvalue weighted by Gasteiger charge is 2.15. The van der Waals surface area contributed by atoms with E-state index in [0.717, 1.165) is 36.1 Å². The van der Waals surface area contributed by atoms with Gasteiger partial charge in [-0.25, -0.2) is 4.79 Å². The van der Waals surface area contributed by atoms with Crippen molar-refractivity contribution in [1.29, 1.82) is 0 Å². The van der Waals surface area contributed by atoms with E-state index in [2.05, 4.69) is 61.3 Å². The van der Waals surface area contributed by atoms with Gasteiger partial charge < -0.3 is 15.4 Å². The maximum Gasteiger partial charge on any atom is 0.319 e. The molecule has 0 radical (unpaired) electrons. The number of ether oxygens (including phenoxy) is 1. The summed E-state index contributed by atoms with van der Waals surface area (Å²) < 4.78 is 4.60. The van der Waals surface area contributed by atoms with Crippen LogP contribution in [0.4, 0.5) is 10.5 Å². The lowest BCUT2D eigenvalue weighted by molar-refractivity contribution is -0.140. The highest BCUT2D eigenvalue weighted by Crippen LogP contribution is 2.32. The van der Waals surface area contributed by atoms with E-state index in [-0.39, 0.29) is 12.0 Å². The maximum absolute atomic E-state index is 12.3. The number of carbonyl (C=O) groups excluding carboxylic acids is 2. The van der Waals surface area contributed by atoms with Gasteiger partial charge in [-0.15, -0.1) is 0 Å². The van der Waals surface area contributed by atoms with Crippen molar-refractivity contribution in [3.8, 4) is 0 Å².